The van der Waals surface area contributed by atoms with Gasteiger partial charge in [0.05, 0.1) is 6.54 Å². The maximum atomic E-state index is 12.8. The minimum atomic E-state index is -3.40. The number of hydrogen-bond donors (Lipinski definition) is 0. The van der Waals surface area contributed by atoms with Crippen LogP contribution >= 0.6 is 11.3 Å². The maximum absolute atomic E-state index is 12.8. The first-order valence-electron chi connectivity index (χ1n) is 9.19. The Morgan fingerprint density at radius 1 is 1.19 bits per heavy atom. The normalized spacial score (nSPS) is 16.9. The largest absolute Gasteiger partial charge is 0.346 e. The molecule has 1 fully saturated rings. The van der Waals surface area contributed by atoms with Crippen molar-refractivity contribution in [1.29, 1.82) is 0 Å². The van der Waals surface area contributed by atoms with Gasteiger partial charge in [-0.1, -0.05) is 6.07 Å². The molecular formula is C19H27N3O3S2. The van der Waals surface area contributed by atoms with Crippen LogP contribution in [-0.4, -0.2) is 60.7 Å². The quantitative estimate of drug-likeness (QED) is 0.688. The average molecular weight is 410 g/mol. The van der Waals surface area contributed by atoms with Crippen molar-refractivity contribution < 1.29 is 13.2 Å². The van der Waals surface area contributed by atoms with E-state index in [1.54, 1.807) is 17.5 Å². The Morgan fingerprint density at radius 3 is 2.37 bits per heavy atom. The molecule has 0 unspecified atom stereocenters. The molecule has 3 heterocycles. The zero-order valence-corrected chi connectivity index (χ0v) is 17.9. The second-order valence-corrected chi connectivity index (χ2v) is 10.4. The van der Waals surface area contributed by atoms with Gasteiger partial charge in [-0.25, -0.2) is 8.42 Å². The van der Waals surface area contributed by atoms with Crippen molar-refractivity contribution in [3.63, 3.8) is 0 Å². The van der Waals surface area contributed by atoms with Crippen LogP contribution in [0.25, 0.3) is 0 Å². The van der Waals surface area contributed by atoms with Crippen LogP contribution in [0.15, 0.2) is 27.8 Å². The smallest absolute Gasteiger partial charge is 0.252 e. The summed E-state index contributed by atoms with van der Waals surface area (Å²) in [6, 6.07) is 5.67. The van der Waals surface area contributed by atoms with E-state index in [2.05, 4.69) is 18.4 Å². The van der Waals surface area contributed by atoms with Crippen LogP contribution in [0.4, 0.5) is 0 Å². The fraction of sp³-hybridized carbons (Fsp3) is 0.526. The summed E-state index contributed by atoms with van der Waals surface area (Å²) in [6.07, 6.45) is 0. The first-order valence-corrected chi connectivity index (χ1v) is 11.5. The number of thiophene rings is 1. The van der Waals surface area contributed by atoms with Crippen molar-refractivity contribution in [1.82, 2.24) is 13.8 Å². The summed E-state index contributed by atoms with van der Waals surface area (Å²) in [7, 11) is -3.40. The zero-order chi connectivity index (χ0) is 19.8. The fourth-order valence-corrected chi connectivity index (χ4v) is 6.37. The van der Waals surface area contributed by atoms with Gasteiger partial charge in [0, 0.05) is 49.2 Å². The zero-order valence-electron chi connectivity index (χ0n) is 16.3. The molecule has 1 aliphatic heterocycles. The summed E-state index contributed by atoms with van der Waals surface area (Å²) >= 11 is 1.24. The first kappa shape index (κ1) is 20.3. The molecule has 1 saturated heterocycles. The molecule has 8 heteroatoms. The molecule has 0 spiro atoms. The molecule has 3 rings (SSSR count). The van der Waals surface area contributed by atoms with E-state index in [1.807, 2.05) is 24.8 Å². The van der Waals surface area contributed by atoms with Crippen LogP contribution in [0.2, 0.25) is 0 Å². The number of aromatic nitrogens is 1. The van der Waals surface area contributed by atoms with Crippen molar-refractivity contribution in [2.75, 3.05) is 32.7 Å². The van der Waals surface area contributed by atoms with Crippen LogP contribution in [0.1, 0.15) is 41.6 Å². The Bertz CT molecular complexity index is 906. The third-order valence-corrected chi connectivity index (χ3v) is 8.36. The standard InChI is InChI=1S/C19H27N3O3S2/c1-14(2)22-15(3)12-17(16(22)4)18(23)13-20-7-9-21(10-8-20)27(24,25)19-6-5-11-26-19/h5-6,11-12,14H,7-10,13H2,1-4H3. The van der Waals surface area contributed by atoms with Crippen LogP contribution in [0, 0.1) is 13.8 Å². The Kier molecular flexibility index (Phi) is 5.90. The van der Waals surface area contributed by atoms with Gasteiger partial charge in [-0.05, 0) is 45.2 Å². The van der Waals surface area contributed by atoms with Gasteiger partial charge in [0.2, 0.25) is 0 Å². The second kappa shape index (κ2) is 7.87. The summed E-state index contributed by atoms with van der Waals surface area (Å²) in [5.41, 5.74) is 2.87. The topological polar surface area (TPSA) is 62.6 Å². The predicted molar refractivity (Wildman–Crippen MR) is 108 cm³/mol. The molecule has 27 heavy (non-hydrogen) atoms. The van der Waals surface area contributed by atoms with Gasteiger partial charge < -0.3 is 4.57 Å². The van der Waals surface area contributed by atoms with Crippen molar-refractivity contribution >= 4 is 27.1 Å². The molecule has 2 aromatic rings. The molecule has 0 aliphatic carbocycles. The van der Waals surface area contributed by atoms with Gasteiger partial charge in [0.25, 0.3) is 10.0 Å². The third-order valence-electron chi connectivity index (χ3n) is 5.09. The summed E-state index contributed by atoms with van der Waals surface area (Å²) < 4.78 is 29.3. The van der Waals surface area contributed by atoms with E-state index >= 15 is 0 Å². The highest BCUT2D eigenvalue weighted by atomic mass is 32.2. The number of ketones is 1. The first-order chi connectivity index (χ1) is 12.7. The number of carbonyl (C=O) groups excluding carboxylic acids is 1. The van der Waals surface area contributed by atoms with Crippen LogP contribution in [0.3, 0.4) is 0 Å². The molecule has 1 aliphatic rings. The Labute approximate surface area is 165 Å². The summed E-state index contributed by atoms with van der Waals surface area (Å²) in [4.78, 5) is 14.8. The van der Waals surface area contributed by atoms with E-state index < -0.39 is 10.0 Å². The lowest BCUT2D eigenvalue weighted by Crippen LogP contribution is -2.49. The number of nitrogens with zero attached hydrogens (tertiary/aromatic N) is 3. The van der Waals surface area contributed by atoms with E-state index in [0.29, 0.717) is 43.0 Å². The third kappa shape index (κ3) is 4.03. The van der Waals surface area contributed by atoms with Crippen molar-refractivity contribution in [2.45, 2.75) is 37.9 Å². The number of carbonyl (C=O) groups is 1. The van der Waals surface area contributed by atoms with Gasteiger partial charge in [-0.2, -0.15) is 4.31 Å². The molecule has 0 saturated carbocycles. The molecule has 0 amide bonds. The number of rotatable bonds is 6. The molecule has 6 nitrogen and oxygen atoms in total. The number of hydrogen-bond acceptors (Lipinski definition) is 5. The van der Waals surface area contributed by atoms with Gasteiger partial charge in [-0.15, -0.1) is 11.3 Å². The highest BCUT2D eigenvalue weighted by Gasteiger charge is 2.30. The minimum Gasteiger partial charge on any atom is -0.346 e. The van der Waals surface area contributed by atoms with E-state index in [4.69, 9.17) is 0 Å². The van der Waals surface area contributed by atoms with Crippen LogP contribution in [0.5, 0.6) is 0 Å². The molecule has 148 valence electrons. The van der Waals surface area contributed by atoms with E-state index in [1.165, 1.54) is 15.6 Å². The van der Waals surface area contributed by atoms with Crippen molar-refractivity contribution in [3.05, 3.63) is 40.5 Å². The lowest BCUT2D eigenvalue weighted by Gasteiger charge is -2.33. The highest BCUT2D eigenvalue weighted by molar-refractivity contribution is 7.91. The summed E-state index contributed by atoms with van der Waals surface area (Å²) in [6.45, 7) is 10.5. The number of Topliss-reactive ketones (excluding diaryl/α,β-unsaturated/α-hetero) is 1. The molecule has 0 N–H and O–H groups in total. The Hall–Kier alpha value is -1.48. The van der Waals surface area contributed by atoms with Gasteiger partial charge in [0.1, 0.15) is 4.21 Å². The number of piperazine rings is 1. The SMILES string of the molecule is Cc1cc(C(=O)CN2CCN(S(=O)(=O)c3cccs3)CC2)c(C)n1C(C)C. The summed E-state index contributed by atoms with van der Waals surface area (Å²) in [5.74, 6) is 0.101. The molecular weight excluding hydrogens is 382 g/mol. The average Bonchev–Trinajstić information content (AvgIpc) is 3.24. The second-order valence-electron chi connectivity index (χ2n) is 7.28. The van der Waals surface area contributed by atoms with E-state index in [0.717, 1.165) is 17.0 Å². The molecule has 0 radical (unpaired) electrons. The van der Waals surface area contributed by atoms with Crippen molar-refractivity contribution in [2.24, 2.45) is 0 Å². The van der Waals surface area contributed by atoms with Crippen LogP contribution in [-0.2, 0) is 10.0 Å². The van der Waals surface area contributed by atoms with Crippen molar-refractivity contribution in [3.8, 4) is 0 Å². The lowest BCUT2D eigenvalue weighted by atomic mass is 10.1. The fourth-order valence-electron chi connectivity index (χ4n) is 3.81. The van der Waals surface area contributed by atoms with E-state index in [-0.39, 0.29) is 5.78 Å². The van der Waals surface area contributed by atoms with Gasteiger partial charge in [-0.3, -0.25) is 9.69 Å². The maximum Gasteiger partial charge on any atom is 0.252 e. The number of sulfonamides is 1. The monoisotopic (exact) mass is 409 g/mol. The molecule has 0 aromatic carbocycles. The molecule has 2 aromatic heterocycles. The lowest BCUT2D eigenvalue weighted by molar-refractivity contribution is 0.0901. The van der Waals surface area contributed by atoms with Gasteiger partial charge >= 0.3 is 0 Å². The Morgan fingerprint density at radius 2 is 1.85 bits per heavy atom. The molecule has 0 atom stereocenters. The van der Waals surface area contributed by atoms with E-state index in [9.17, 15) is 13.2 Å². The predicted octanol–water partition coefficient (Wildman–Crippen LogP) is 2.94. The summed E-state index contributed by atoms with van der Waals surface area (Å²) in [5, 5.41) is 1.77. The highest BCUT2D eigenvalue weighted by Crippen LogP contribution is 2.23. The van der Waals surface area contributed by atoms with Crippen LogP contribution < -0.4 is 0 Å². The Balaban J connectivity index is 1.63. The van der Waals surface area contributed by atoms with Gasteiger partial charge in [0.15, 0.2) is 5.78 Å². The minimum absolute atomic E-state index is 0.101. The number of aryl methyl sites for hydroxylation is 1. The molecule has 0 bridgehead atoms.